The van der Waals surface area contributed by atoms with Gasteiger partial charge >= 0.3 is 11.9 Å². The molecule has 0 aliphatic rings. The Hall–Kier alpha value is -2.75. The van der Waals surface area contributed by atoms with E-state index in [1.807, 2.05) is 6.92 Å². The number of rotatable bonds is 7. The van der Waals surface area contributed by atoms with E-state index >= 15 is 0 Å². The normalized spacial score (nSPS) is 11.9. The summed E-state index contributed by atoms with van der Waals surface area (Å²) in [4.78, 5) is 55.7. The van der Waals surface area contributed by atoms with Crippen molar-refractivity contribution < 1.29 is 23.9 Å². The summed E-state index contributed by atoms with van der Waals surface area (Å²) in [5.74, 6) is -1.44. The minimum absolute atomic E-state index is 0.108. The van der Waals surface area contributed by atoms with E-state index in [1.165, 1.54) is 14.0 Å². The highest BCUT2D eigenvalue weighted by molar-refractivity contribution is 7.20. The first-order chi connectivity index (χ1) is 12.8. The van der Waals surface area contributed by atoms with E-state index in [-0.39, 0.29) is 22.2 Å². The van der Waals surface area contributed by atoms with Crippen molar-refractivity contribution in [3.05, 3.63) is 26.6 Å². The molecule has 2 heterocycles. The van der Waals surface area contributed by atoms with Crippen LogP contribution in [0.3, 0.4) is 0 Å². The quantitative estimate of drug-likeness (QED) is 0.672. The maximum Gasteiger partial charge on any atom is 0.348 e. The van der Waals surface area contributed by atoms with E-state index in [1.54, 1.807) is 6.92 Å². The Morgan fingerprint density at radius 3 is 2.67 bits per heavy atom. The molecule has 1 amide bonds. The number of esters is 2. The van der Waals surface area contributed by atoms with Gasteiger partial charge in [0, 0.05) is 12.1 Å². The zero-order chi connectivity index (χ0) is 20.1. The SMILES string of the molecule is CCCNC(=O)[C@H](C)OC(=O)Cc1c(C(=O)OC)sc2nc(C)[nH]c(=O)c12. The van der Waals surface area contributed by atoms with E-state index < -0.39 is 29.5 Å². The Kier molecular flexibility index (Phi) is 6.67. The summed E-state index contributed by atoms with van der Waals surface area (Å²) in [6.07, 6.45) is -0.594. The van der Waals surface area contributed by atoms with Crippen LogP contribution in [0.25, 0.3) is 10.2 Å². The molecular formula is C17H21N3O6S. The summed E-state index contributed by atoms with van der Waals surface area (Å²) >= 11 is 0.970. The van der Waals surface area contributed by atoms with Crippen LogP contribution in [0.2, 0.25) is 0 Å². The second-order valence-corrected chi connectivity index (χ2v) is 6.83. The molecule has 0 aromatic carbocycles. The average Bonchev–Trinajstić information content (AvgIpc) is 2.96. The molecule has 2 N–H and O–H groups in total. The Morgan fingerprint density at radius 2 is 2.04 bits per heavy atom. The summed E-state index contributed by atoms with van der Waals surface area (Å²) in [6.45, 7) is 5.44. The van der Waals surface area contributed by atoms with E-state index in [0.29, 0.717) is 17.2 Å². The van der Waals surface area contributed by atoms with Crippen molar-refractivity contribution in [1.82, 2.24) is 15.3 Å². The zero-order valence-electron chi connectivity index (χ0n) is 15.5. The molecule has 0 aliphatic carbocycles. The molecule has 2 aromatic rings. The van der Waals surface area contributed by atoms with Crippen LogP contribution in [-0.4, -0.2) is 47.6 Å². The van der Waals surface area contributed by atoms with Gasteiger partial charge < -0.3 is 19.8 Å². The number of hydrogen-bond donors (Lipinski definition) is 2. The summed E-state index contributed by atoms with van der Waals surface area (Å²) in [6, 6.07) is 0. The molecule has 10 heteroatoms. The van der Waals surface area contributed by atoms with Gasteiger partial charge in [-0.1, -0.05) is 6.92 Å². The predicted octanol–water partition coefficient (Wildman–Crippen LogP) is 1.08. The fourth-order valence-corrected chi connectivity index (χ4v) is 3.58. The topological polar surface area (TPSA) is 127 Å². The van der Waals surface area contributed by atoms with E-state index in [4.69, 9.17) is 9.47 Å². The zero-order valence-corrected chi connectivity index (χ0v) is 16.3. The molecule has 0 unspecified atom stereocenters. The standard InChI is InChI=1S/C17H21N3O6S/c1-5-6-18-14(22)8(2)26-11(21)7-10-12-15(23)19-9(3)20-16(12)27-13(10)17(24)25-4/h8H,5-7H2,1-4H3,(H,18,22)(H,19,20,23)/t8-/m0/s1. The van der Waals surface area contributed by atoms with Crippen molar-refractivity contribution in [2.45, 2.75) is 39.7 Å². The third kappa shape index (κ3) is 4.70. The number of aromatic nitrogens is 2. The highest BCUT2D eigenvalue weighted by Crippen LogP contribution is 2.29. The predicted molar refractivity (Wildman–Crippen MR) is 98.9 cm³/mol. The first-order valence-electron chi connectivity index (χ1n) is 8.36. The third-order valence-electron chi connectivity index (χ3n) is 3.70. The number of aromatic amines is 1. The van der Waals surface area contributed by atoms with Crippen LogP contribution in [0.5, 0.6) is 0 Å². The van der Waals surface area contributed by atoms with Crippen LogP contribution in [0.1, 0.15) is 41.3 Å². The number of nitrogens with zero attached hydrogens (tertiary/aromatic N) is 1. The number of nitrogens with one attached hydrogen (secondary N) is 2. The lowest BCUT2D eigenvalue weighted by atomic mass is 10.1. The van der Waals surface area contributed by atoms with Crippen LogP contribution in [0, 0.1) is 6.92 Å². The van der Waals surface area contributed by atoms with Gasteiger partial charge in [0.1, 0.15) is 15.5 Å². The molecule has 27 heavy (non-hydrogen) atoms. The number of H-pyrrole nitrogens is 1. The number of fused-ring (bicyclic) bond motifs is 1. The second kappa shape index (κ2) is 8.76. The van der Waals surface area contributed by atoms with Crippen LogP contribution >= 0.6 is 11.3 Å². The Labute approximate surface area is 159 Å². The monoisotopic (exact) mass is 395 g/mol. The van der Waals surface area contributed by atoms with Crippen LogP contribution < -0.4 is 10.9 Å². The molecule has 2 aromatic heterocycles. The third-order valence-corrected chi connectivity index (χ3v) is 4.80. The van der Waals surface area contributed by atoms with Gasteiger partial charge in [-0.25, -0.2) is 9.78 Å². The molecule has 1 atom stereocenters. The van der Waals surface area contributed by atoms with Crippen molar-refractivity contribution in [3.63, 3.8) is 0 Å². The summed E-state index contributed by atoms with van der Waals surface area (Å²) in [5, 5.41) is 2.77. The Bertz CT molecular complexity index is 933. The number of ether oxygens (including phenoxy) is 2. The number of carbonyl (C=O) groups is 3. The van der Waals surface area contributed by atoms with Crippen molar-refractivity contribution in [3.8, 4) is 0 Å². The number of carbonyl (C=O) groups excluding carboxylic acids is 3. The van der Waals surface area contributed by atoms with E-state index in [9.17, 15) is 19.2 Å². The van der Waals surface area contributed by atoms with Crippen LogP contribution in [-0.2, 0) is 25.5 Å². The number of thiophene rings is 1. The van der Waals surface area contributed by atoms with Gasteiger partial charge in [-0.05, 0) is 20.3 Å². The van der Waals surface area contributed by atoms with Crippen LogP contribution in [0.15, 0.2) is 4.79 Å². The summed E-state index contributed by atoms with van der Waals surface area (Å²) < 4.78 is 9.87. The van der Waals surface area contributed by atoms with Gasteiger partial charge in [0.25, 0.3) is 11.5 Å². The second-order valence-electron chi connectivity index (χ2n) is 5.83. The van der Waals surface area contributed by atoms with Gasteiger partial charge in [-0.15, -0.1) is 11.3 Å². The van der Waals surface area contributed by atoms with Crippen molar-refractivity contribution in [1.29, 1.82) is 0 Å². The van der Waals surface area contributed by atoms with Gasteiger partial charge in [-0.3, -0.25) is 14.4 Å². The van der Waals surface area contributed by atoms with Gasteiger partial charge in [0.15, 0.2) is 6.10 Å². The Morgan fingerprint density at radius 1 is 1.33 bits per heavy atom. The maximum atomic E-state index is 12.3. The number of aryl methyl sites for hydroxylation is 1. The lowest BCUT2D eigenvalue weighted by molar-refractivity contribution is -0.154. The lowest BCUT2D eigenvalue weighted by Gasteiger charge is -2.13. The average molecular weight is 395 g/mol. The highest BCUT2D eigenvalue weighted by Gasteiger charge is 2.26. The molecule has 9 nitrogen and oxygen atoms in total. The molecule has 0 saturated heterocycles. The first-order valence-corrected chi connectivity index (χ1v) is 9.17. The number of methoxy groups -OCH3 is 1. The number of amides is 1. The molecule has 146 valence electrons. The highest BCUT2D eigenvalue weighted by atomic mass is 32.1. The molecule has 0 fully saturated rings. The molecule has 0 bridgehead atoms. The van der Waals surface area contributed by atoms with Crippen molar-refractivity contribution >= 4 is 39.4 Å². The summed E-state index contributed by atoms with van der Waals surface area (Å²) in [7, 11) is 1.21. The molecule has 0 spiro atoms. The fraction of sp³-hybridized carbons (Fsp3) is 0.471. The van der Waals surface area contributed by atoms with E-state index in [0.717, 1.165) is 17.8 Å². The van der Waals surface area contributed by atoms with E-state index in [2.05, 4.69) is 15.3 Å². The fourth-order valence-electron chi connectivity index (χ4n) is 2.43. The molecule has 0 aliphatic heterocycles. The molecule has 0 saturated carbocycles. The summed E-state index contributed by atoms with van der Waals surface area (Å²) in [5.41, 5.74) is -0.276. The van der Waals surface area contributed by atoms with Gasteiger partial charge in [0.05, 0.1) is 18.9 Å². The van der Waals surface area contributed by atoms with Gasteiger partial charge in [0.2, 0.25) is 0 Å². The van der Waals surface area contributed by atoms with Crippen LogP contribution in [0.4, 0.5) is 0 Å². The lowest BCUT2D eigenvalue weighted by Crippen LogP contribution is -2.36. The first kappa shape index (κ1) is 20.6. The van der Waals surface area contributed by atoms with Crippen molar-refractivity contribution in [2.24, 2.45) is 0 Å². The van der Waals surface area contributed by atoms with Gasteiger partial charge in [-0.2, -0.15) is 0 Å². The molecular weight excluding hydrogens is 374 g/mol. The maximum absolute atomic E-state index is 12.3. The smallest absolute Gasteiger partial charge is 0.348 e. The number of hydrogen-bond acceptors (Lipinski definition) is 8. The van der Waals surface area contributed by atoms with Crippen molar-refractivity contribution in [2.75, 3.05) is 13.7 Å². The Balaban J connectivity index is 2.31. The minimum atomic E-state index is -0.991. The largest absolute Gasteiger partial charge is 0.465 e. The molecule has 0 radical (unpaired) electrons. The molecule has 2 rings (SSSR count). The minimum Gasteiger partial charge on any atom is -0.465 e.